The molecule has 23 heavy (non-hydrogen) atoms. The van der Waals surface area contributed by atoms with Gasteiger partial charge in [0.05, 0.1) is 30.2 Å². The summed E-state index contributed by atoms with van der Waals surface area (Å²) in [7, 11) is 0. The Morgan fingerprint density at radius 3 is 2.78 bits per heavy atom. The van der Waals surface area contributed by atoms with Crippen molar-refractivity contribution in [2.24, 2.45) is 10.2 Å². The van der Waals surface area contributed by atoms with E-state index in [1.165, 1.54) is 18.0 Å². The predicted octanol–water partition coefficient (Wildman–Crippen LogP) is 3.08. The fourth-order valence-electron chi connectivity index (χ4n) is 1.77. The maximum Gasteiger partial charge on any atom is 0.236 e. The molecule has 8 heteroatoms. The fraction of sp³-hybridized carbons (Fsp3) is 0.400. The van der Waals surface area contributed by atoms with Gasteiger partial charge in [-0.05, 0) is 19.4 Å². The van der Waals surface area contributed by atoms with Gasteiger partial charge >= 0.3 is 0 Å². The number of nitrogens with zero attached hydrogens (tertiary/aromatic N) is 2. The van der Waals surface area contributed by atoms with Gasteiger partial charge in [-0.25, -0.2) is 0 Å². The first-order chi connectivity index (χ1) is 11.1. The summed E-state index contributed by atoms with van der Waals surface area (Å²) in [5.74, 6) is 1.52. The summed E-state index contributed by atoms with van der Waals surface area (Å²) >= 11 is 7.56. The van der Waals surface area contributed by atoms with E-state index in [2.05, 4.69) is 15.5 Å². The van der Waals surface area contributed by atoms with E-state index in [9.17, 15) is 4.79 Å². The van der Waals surface area contributed by atoms with Crippen molar-refractivity contribution < 1.29 is 14.3 Å². The summed E-state index contributed by atoms with van der Waals surface area (Å²) in [6, 6.07) is 3.48. The van der Waals surface area contributed by atoms with Crippen LogP contribution in [0, 0.1) is 0 Å². The number of carbonyl (C=O) groups excluding carboxylic acids is 1. The minimum absolute atomic E-state index is 0.0713. The number of nitrogens with one attached hydrogen (secondary N) is 1. The van der Waals surface area contributed by atoms with Crippen LogP contribution in [-0.4, -0.2) is 36.3 Å². The van der Waals surface area contributed by atoms with E-state index in [0.717, 1.165) is 6.42 Å². The SMILES string of the molecule is CCCOc1cc(Cl)c(C=NN=C2NC(=O)CS2)cc1OCC. The molecule has 0 aromatic heterocycles. The Morgan fingerprint density at radius 2 is 2.13 bits per heavy atom. The van der Waals surface area contributed by atoms with Crippen LogP contribution in [0.25, 0.3) is 0 Å². The lowest BCUT2D eigenvalue weighted by Gasteiger charge is -2.13. The molecule has 124 valence electrons. The number of benzene rings is 1. The number of amides is 1. The zero-order valence-electron chi connectivity index (χ0n) is 13.0. The molecular formula is C15H18ClN3O3S. The fourth-order valence-corrected chi connectivity index (χ4v) is 2.60. The van der Waals surface area contributed by atoms with Gasteiger partial charge in [-0.2, -0.15) is 5.10 Å². The third-order valence-corrected chi connectivity index (χ3v) is 3.95. The van der Waals surface area contributed by atoms with Crippen LogP contribution in [0.2, 0.25) is 5.02 Å². The Hall–Kier alpha value is -1.73. The minimum Gasteiger partial charge on any atom is -0.490 e. The first-order valence-corrected chi connectivity index (χ1v) is 8.63. The van der Waals surface area contributed by atoms with Gasteiger partial charge in [-0.15, -0.1) is 5.10 Å². The number of rotatable bonds is 7. The van der Waals surface area contributed by atoms with E-state index >= 15 is 0 Å². The number of hydrogen-bond acceptors (Lipinski definition) is 6. The van der Waals surface area contributed by atoms with Crippen molar-refractivity contribution in [1.82, 2.24) is 5.32 Å². The highest BCUT2D eigenvalue weighted by atomic mass is 35.5. The third-order valence-electron chi connectivity index (χ3n) is 2.76. The molecule has 1 aromatic rings. The summed E-state index contributed by atoms with van der Waals surface area (Å²) < 4.78 is 11.2. The van der Waals surface area contributed by atoms with Gasteiger partial charge in [0.1, 0.15) is 0 Å². The molecule has 0 aliphatic carbocycles. The standard InChI is InChI=1S/C15H18ClN3O3S/c1-3-5-22-13-7-11(16)10(6-12(13)21-4-2)8-17-19-15-18-14(20)9-23-15/h6-8H,3-5,9H2,1-2H3,(H,18,19,20). The van der Waals surface area contributed by atoms with Crippen LogP contribution < -0.4 is 14.8 Å². The molecule has 1 N–H and O–H groups in total. The monoisotopic (exact) mass is 355 g/mol. The van der Waals surface area contributed by atoms with Gasteiger partial charge in [-0.3, -0.25) is 4.79 Å². The highest BCUT2D eigenvalue weighted by Gasteiger charge is 2.16. The Bertz CT molecular complexity index is 635. The topological polar surface area (TPSA) is 72.3 Å². The number of ether oxygens (including phenoxy) is 2. The second-order valence-electron chi connectivity index (χ2n) is 4.59. The molecule has 1 aliphatic rings. The van der Waals surface area contributed by atoms with Crippen LogP contribution in [0.1, 0.15) is 25.8 Å². The molecule has 1 aliphatic heterocycles. The molecule has 1 heterocycles. The second-order valence-corrected chi connectivity index (χ2v) is 5.96. The van der Waals surface area contributed by atoms with Gasteiger partial charge in [0.25, 0.3) is 0 Å². The summed E-state index contributed by atoms with van der Waals surface area (Å²) in [5, 5.41) is 11.5. The number of carbonyl (C=O) groups is 1. The van der Waals surface area contributed by atoms with E-state index in [4.69, 9.17) is 21.1 Å². The van der Waals surface area contributed by atoms with Crippen molar-refractivity contribution in [3.8, 4) is 11.5 Å². The van der Waals surface area contributed by atoms with Crippen molar-refractivity contribution in [2.45, 2.75) is 20.3 Å². The molecule has 0 unspecified atom stereocenters. The first-order valence-electron chi connectivity index (χ1n) is 7.26. The Kier molecular flexibility index (Phi) is 6.73. The van der Waals surface area contributed by atoms with Gasteiger partial charge in [-0.1, -0.05) is 30.3 Å². The molecule has 0 atom stereocenters. The summed E-state index contributed by atoms with van der Waals surface area (Å²) in [4.78, 5) is 11.1. The van der Waals surface area contributed by atoms with Crippen molar-refractivity contribution in [3.63, 3.8) is 0 Å². The molecule has 0 saturated carbocycles. The highest BCUT2D eigenvalue weighted by Crippen LogP contribution is 2.33. The van der Waals surface area contributed by atoms with Crippen LogP contribution in [0.5, 0.6) is 11.5 Å². The molecule has 0 radical (unpaired) electrons. The zero-order chi connectivity index (χ0) is 16.7. The van der Waals surface area contributed by atoms with Crippen molar-refractivity contribution in [3.05, 3.63) is 22.7 Å². The minimum atomic E-state index is -0.0713. The summed E-state index contributed by atoms with van der Waals surface area (Å²) in [6.07, 6.45) is 2.42. The van der Waals surface area contributed by atoms with E-state index < -0.39 is 0 Å². The number of hydrogen-bond donors (Lipinski definition) is 1. The molecule has 1 saturated heterocycles. The smallest absolute Gasteiger partial charge is 0.236 e. The van der Waals surface area contributed by atoms with Gasteiger partial charge in [0, 0.05) is 11.6 Å². The first kappa shape index (κ1) is 17.6. The average Bonchev–Trinajstić information content (AvgIpc) is 2.94. The van der Waals surface area contributed by atoms with Crippen LogP contribution in [0.3, 0.4) is 0 Å². The molecule has 0 bridgehead atoms. The zero-order valence-corrected chi connectivity index (χ0v) is 14.5. The molecule has 1 fully saturated rings. The predicted molar refractivity (Wildman–Crippen MR) is 94.0 cm³/mol. The lowest BCUT2D eigenvalue weighted by Crippen LogP contribution is -2.19. The largest absolute Gasteiger partial charge is 0.490 e. The van der Waals surface area contributed by atoms with E-state index in [-0.39, 0.29) is 5.91 Å². The number of thioether (sulfide) groups is 1. The average molecular weight is 356 g/mol. The lowest BCUT2D eigenvalue weighted by molar-refractivity contribution is -0.116. The molecule has 6 nitrogen and oxygen atoms in total. The number of halogens is 1. The van der Waals surface area contributed by atoms with Crippen LogP contribution in [-0.2, 0) is 4.79 Å². The molecule has 2 rings (SSSR count). The normalized spacial score (nSPS) is 16.1. The van der Waals surface area contributed by atoms with Crippen LogP contribution >= 0.6 is 23.4 Å². The Balaban J connectivity index is 2.17. The molecule has 0 spiro atoms. The van der Waals surface area contributed by atoms with Crippen molar-refractivity contribution in [2.75, 3.05) is 19.0 Å². The van der Waals surface area contributed by atoms with E-state index in [1.54, 1.807) is 12.1 Å². The van der Waals surface area contributed by atoms with Crippen molar-refractivity contribution in [1.29, 1.82) is 0 Å². The summed E-state index contributed by atoms with van der Waals surface area (Å²) in [5.41, 5.74) is 0.664. The van der Waals surface area contributed by atoms with Gasteiger partial charge in [0.2, 0.25) is 5.91 Å². The van der Waals surface area contributed by atoms with Crippen LogP contribution in [0.15, 0.2) is 22.3 Å². The van der Waals surface area contributed by atoms with E-state index in [0.29, 0.717) is 46.2 Å². The summed E-state index contributed by atoms with van der Waals surface area (Å²) in [6.45, 7) is 5.04. The maximum atomic E-state index is 11.1. The Morgan fingerprint density at radius 1 is 1.35 bits per heavy atom. The van der Waals surface area contributed by atoms with Gasteiger partial charge in [0.15, 0.2) is 16.7 Å². The lowest BCUT2D eigenvalue weighted by atomic mass is 10.2. The van der Waals surface area contributed by atoms with Gasteiger partial charge < -0.3 is 14.8 Å². The number of amidine groups is 1. The maximum absolute atomic E-state index is 11.1. The van der Waals surface area contributed by atoms with E-state index in [1.807, 2.05) is 13.8 Å². The molecular weight excluding hydrogens is 338 g/mol. The van der Waals surface area contributed by atoms with Crippen LogP contribution in [0.4, 0.5) is 0 Å². The molecule has 1 amide bonds. The van der Waals surface area contributed by atoms with Crippen molar-refractivity contribution >= 4 is 40.7 Å². The Labute approximate surface area is 144 Å². The third kappa shape index (κ3) is 5.14. The molecule has 1 aromatic carbocycles. The highest BCUT2D eigenvalue weighted by molar-refractivity contribution is 8.15. The quantitative estimate of drug-likeness (QED) is 0.602. The second kappa shape index (κ2) is 8.79.